The van der Waals surface area contributed by atoms with Gasteiger partial charge in [0.2, 0.25) is 0 Å². The number of ether oxygens (including phenoxy) is 1. The highest BCUT2D eigenvalue weighted by Crippen LogP contribution is 2.45. The molecule has 1 saturated heterocycles. The van der Waals surface area contributed by atoms with Gasteiger partial charge in [-0.3, -0.25) is 4.98 Å². The Hall–Kier alpha value is -0.930. The van der Waals surface area contributed by atoms with Crippen molar-refractivity contribution < 1.29 is 4.74 Å². The van der Waals surface area contributed by atoms with E-state index in [1.807, 2.05) is 12.3 Å². The van der Waals surface area contributed by atoms with Crippen LogP contribution in [0.1, 0.15) is 37.8 Å². The molecule has 104 valence electrons. The second-order valence-corrected chi connectivity index (χ2v) is 5.94. The number of hydrogen-bond donors (Lipinski definition) is 1. The van der Waals surface area contributed by atoms with Crippen molar-refractivity contribution in [2.24, 2.45) is 5.41 Å². The minimum Gasteiger partial charge on any atom is -0.381 e. The Morgan fingerprint density at radius 2 is 2.16 bits per heavy atom. The van der Waals surface area contributed by atoms with E-state index in [1.165, 1.54) is 37.8 Å². The molecular formula is C16H24N2O. The summed E-state index contributed by atoms with van der Waals surface area (Å²) in [5, 5.41) is 3.80. The maximum absolute atomic E-state index is 5.54. The molecule has 1 saturated carbocycles. The second-order valence-electron chi connectivity index (χ2n) is 5.94. The molecule has 1 aromatic heterocycles. The smallest absolute Gasteiger partial charge is 0.0471 e. The molecule has 2 aliphatic rings. The summed E-state index contributed by atoms with van der Waals surface area (Å²) in [5.41, 5.74) is 1.72. The predicted octanol–water partition coefficient (Wildman–Crippen LogP) is 2.56. The number of nitrogens with one attached hydrogen (secondary N) is 1. The minimum atomic E-state index is 0.530. The summed E-state index contributed by atoms with van der Waals surface area (Å²) >= 11 is 0. The fraction of sp³-hybridized carbons (Fsp3) is 0.688. The average molecular weight is 260 g/mol. The molecule has 1 N–H and O–H groups in total. The maximum atomic E-state index is 5.54. The fourth-order valence-electron chi connectivity index (χ4n) is 3.75. The van der Waals surface area contributed by atoms with E-state index in [9.17, 15) is 0 Å². The summed E-state index contributed by atoms with van der Waals surface area (Å²) in [6, 6.07) is 6.85. The van der Waals surface area contributed by atoms with Crippen molar-refractivity contribution >= 4 is 0 Å². The Labute approximate surface area is 115 Å². The molecule has 1 aromatic rings. The van der Waals surface area contributed by atoms with Gasteiger partial charge in [-0.2, -0.15) is 0 Å². The van der Waals surface area contributed by atoms with Crippen LogP contribution in [-0.4, -0.2) is 30.8 Å². The van der Waals surface area contributed by atoms with Gasteiger partial charge in [0.15, 0.2) is 0 Å². The first kappa shape index (κ1) is 13.1. The molecular weight excluding hydrogens is 236 g/mol. The van der Waals surface area contributed by atoms with Gasteiger partial charge in [0.05, 0.1) is 0 Å². The zero-order valence-electron chi connectivity index (χ0n) is 11.6. The van der Waals surface area contributed by atoms with Crippen LogP contribution in [0.2, 0.25) is 0 Å². The predicted molar refractivity (Wildman–Crippen MR) is 76.1 cm³/mol. The van der Waals surface area contributed by atoms with Gasteiger partial charge >= 0.3 is 0 Å². The Balaban J connectivity index is 1.51. The topological polar surface area (TPSA) is 34.1 Å². The zero-order valence-corrected chi connectivity index (χ0v) is 11.6. The van der Waals surface area contributed by atoms with E-state index in [1.54, 1.807) is 0 Å². The van der Waals surface area contributed by atoms with E-state index in [0.29, 0.717) is 11.5 Å². The van der Waals surface area contributed by atoms with E-state index in [4.69, 9.17) is 4.74 Å². The van der Waals surface area contributed by atoms with Crippen molar-refractivity contribution in [3.05, 3.63) is 30.1 Å². The molecule has 19 heavy (non-hydrogen) atoms. The molecule has 1 spiro atoms. The van der Waals surface area contributed by atoms with E-state index in [0.717, 1.165) is 26.2 Å². The molecule has 0 unspecified atom stereocenters. The van der Waals surface area contributed by atoms with Crippen molar-refractivity contribution in [1.82, 2.24) is 10.3 Å². The zero-order chi connectivity index (χ0) is 13.0. The van der Waals surface area contributed by atoms with Crippen molar-refractivity contribution in [3.63, 3.8) is 0 Å². The van der Waals surface area contributed by atoms with E-state index < -0.39 is 0 Å². The summed E-state index contributed by atoms with van der Waals surface area (Å²) < 4.78 is 5.54. The van der Waals surface area contributed by atoms with Gasteiger partial charge in [0, 0.05) is 44.1 Å². The molecule has 3 nitrogen and oxygen atoms in total. The Morgan fingerprint density at radius 3 is 2.95 bits per heavy atom. The average Bonchev–Trinajstić information content (AvgIpc) is 2.83. The van der Waals surface area contributed by atoms with Crippen LogP contribution in [-0.2, 0) is 11.2 Å². The lowest BCUT2D eigenvalue weighted by molar-refractivity contribution is 0.00455. The van der Waals surface area contributed by atoms with Gasteiger partial charge in [-0.1, -0.05) is 12.5 Å². The highest BCUT2D eigenvalue weighted by molar-refractivity contribution is 5.04. The molecule has 0 bridgehead atoms. The fourth-order valence-corrected chi connectivity index (χ4v) is 3.75. The van der Waals surface area contributed by atoms with Crippen molar-refractivity contribution in [3.8, 4) is 0 Å². The monoisotopic (exact) mass is 260 g/mol. The molecule has 0 aromatic carbocycles. The lowest BCUT2D eigenvalue weighted by Gasteiger charge is -2.39. The second kappa shape index (κ2) is 6.02. The van der Waals surface area contributed by atoms with Crippen molar-refractivity contribution in [1.29, 1.82) is 0 Å². The molecule has 2 fully saturated rings. The summed E-state index contributed by atoms with van der Waals surface area (Å²) in [6.07, 6.45) is 9.50. The number of aromatic nitrogens is 1. The first-order valence-corrected chi connectivity index (χ1v) is 7.60. The van der Waals surface area contributed by atoms with Gasteiger partial charge in [0.1, 0.15) is 0 Å². The Morgan fingerprint density at radius 1 is 1.26 bits per heavy atom. The normalized spacial score (nSPS) is 25.8. The summed E-state index contributed by atoms with van der Waals surface area (Å²) in [7, 11) is 0. The molecule has 2 heterocycles. The number of nitrogens with zero attached hydrogens (tertiary/aromatic N) is 1. The number of hydrogen-bond acceptors (Lipinski definition) is 3. The van der Waals surface area contributed by atoms with Crippen LogP contribution < -0.4 is 5.32 Å². The van der Waals surface area contributed by atoms with E-state index in [-0.39, 0.29) is 0 Å². The quantitative estimate of drug-likeness (QED) is 0.903. The van der Waals surface area contributed by atoms with Crippen LogP contribution in [0.4, 0.5) is 0 Å². The third kappa shape index (κ3) is 2.98. The van der Waals surface area contributed by atoms with Crippen molar-refractivity contribution in [2.75, 3.05) is 19.8 Å². The van der Waals surface area contributed by atoms with Crippen molar-refractivity contribution in [2.45, 2.75) is 44.6 Å². The third-order valence-corrected chi connectivity index (χ3v) is 4.89. The lowest BCUT2D eigenvalue weighted by Crippen LogP contribution is -2.45. The molecule has 1 aliphatic carbocycles. The standard InChI is InChI=1S/C16H24N2O/c1-2-10-17-14(4-1)6-11-18-15-5-3-7-16(15)8-12-19-13-9-16/h1-2,4,10,15,18H,3,5-9,11-13H2/t15-/m0/s1. The summed E-state index contributed by atoms with van der Waals surface area (Å²) in [6.45, 7) is 2.96. The van der Waals surface area contributed by atoms with Crippen LogP contribution >= 0.6 is 0 Å². The highest BCUT2D eigenvalue weighted by Gasteiger charge is 2.43. The SMILES string of the molecule is c1ccc(CCN[C@H]2CCCC23CCOCC3)nc1. The molecule has 0 amide bonds. The molecule has 3 heteroatoms. The highest BCUT2D eigenvalue weighted by atomic mass is 16.5. The molecule has 1 atom stereocenters. The van der Waals surface area contributed by atoms with E-state index >= 15 is 0 Å². The molecule has 1 aliphatic heterocycles. The van der Waals surface area contributed by atoms with Crippen LogP contribution in [0.5, 0.6) is 0 Å². The Bertz CT molecular complexity index is 387. The van der Waals surface area contributed by atoms with Crippen LogP contribution in [0.3, 0.4) is 0 Å². The largest absolute Gasteiger partial charge is 0.381 e. The maximum Gasteiger partial charge on any atom is 0.0471 e. The van der Waals surface area contributed by atoms with Crippen LogP contribution in [0.25, 0.3) is 0 Å². The lowest BCUT2D eigenvalue weighted by atomic mass is 9.75. The first-order chi connectivity index (χ1) is 9.39. The number of rotatable bonds is 4. The molecule has 3 rings (SSSR count). The van der Waals surface area contributed by atoms with Gasteiger partial charge in [-0.15, -0.1) is 0 Å². The number of pyridine rings is 1. The Kier molecular flexibility index (Phi) is 4.14. The first-order valence-electron chi connectivity index (χ1n) is 7.60. The minimum absolute atomic E-state index is 0.530. The van der Waals surface area contributed by atoms with Crippen LogP contribution in [0, 0.1) is 5.41 Å². The molecule has 0 radical (unpaired) electrons. The van der Waals surface area contributed by atoms with E-state index in [2.05, 4.69) is 22.4 Å². The van der Waals surface area contributed by atoms with Gasteiger partial charge in [-0.25, -0.2) is 0 Å². The van der Waals surface area contributed by atoms with Crippen LogP contribution in [0.15, 0.2) is 24.4 Å². The van der Waals surface area contributed by atoms with Gasteiger partial charge in [-0.05, 0) is 43.2 Å². The third-order valence-electron chi connectivity index (χ3n) is 4.89. The summed E-state index contributed by atoms with van der Waals surface area (Å²) in [4.78, 5) is 4.39. The summed E-state index contributed by atoms with van der Waals surface area (Å²) in [5.74, 6) is 0. The van der Waals surface area contributed by atoms with Gasteiger partial charge in [0.25, 0.3) is 0 Å². The van der Waals surface area contributed by atoms with Gasteiger partial charge < -0.3 is 10.1 Å².